The number of anilines is 2. The highest BCUT2D eigenvalue weighted by atomic mass is 16.5. The first-order valence-electron chi connectivity index (χ1n) is 12.2. The smallest absolute Gasteiger partial charge is 0.267 e. The molecule has 3 aromatic heterocycles. The molecular weight excluding hydrogens is 454 g/mol. The van der Waals surface area contributed by atoms with Crippen LogP contribution >= 0.6 is 0 Å². The van der Waals surface area contributed by atoms with E-state index in [4.69, 9.17) is 9.72 Å². The minimum atomic E-state index is -0.150. The maximum absolute atomic E-state index is 13.6. The standard InChI is InChI=1S/C27H25N7O2/c1-33-15-19(36-23-8-3-2-7-22(23)33)12-28-27-29-13-20-24-21(14-30-32-24)26(35)34(25(20)31-27)18-10-9-16-5-4-6-17(16)11-18/h2-3,7-11,13-14,19H,4-6,12,15H2,1H3,(H,30,32)(H,28,29,31). The molecule has 1 unspecified atom stereocenters. The Morgan fingerprint density at radius 2 is 2.03 bits per heavy atom. The first-order valence-corrected chi connectivity index (χ1v) is 12.2. The van der Waals surface area contributed by atoms with Gasteiger partial charge in [0, 0.05) is 19.4 Å². The Bertz CT molecular complexity index is 1690. The Morgan fingerprint density at radius 3 is 2.97 bits per heavy atom. The fourth-order valence-electron chi connectivity index (χ4n) is 5.41. The average Bonchev–Trinajstić information content (AvgIpc) is 3.57. The molecule has 4 heterocycles. The zero-order valence-electron chi connectivity index (χ0n) is 19.9. The van der Waals surface area contributed by atoms with Crippen LogP contribution in [0.25, 0.3) is 27.6 Å². The van der Waals surface area contributed by atoms with Gasteiger partial charge in [-0.15, -0.1) is 0 Å². The summed E-state index contributed by atoms with van der Waals surface area (Å²) in [7, 11) is 2.06. The molecule has 1 atom stereocenters. The molecule has 2 aliphatic rings. The summed E-state index contributed by atoms with van der Waals surface area (Å²) >= 11 is 0. The summed E-state index contributed by atoms with van der Waals surface area (Å²) in [4.78, 5) is 25.1. The highest BCUT2D eigenvalue weighted by molar-refractivity contribution is 6.02. The number of nitrogens with one attached hydrogen (secondary N) is 2. The average molecular weight is 480 g/mol. The Balaban J connectivity index is 1.27. The molecule has 0 amide bonds. The van der Waals surface area contributed by atoms with Gasteiger partial charge in [-0.1, -0.05) is 18.2 Å². The van der Waals surface area contributed by atoms with Gasteiger partial charge in [0.15, 0.2) is 5.65 Å². The van der Waals surface area contributed by atoms with Crippen LogP contribution in [0.1, 0.15) is 17.5 Å². The van der Waals surface area contributed by atoms with Crippen LogP contribution in [0.4, 0.5) is 11.6 Å². The van der Waals surface area contributed by atoms with E-state index in [0.717, 1.165) is 48.3 Å². The van der Waals surface area contributed by atoms with E-state index in [1.807, 2.05) is 24.3 Å². The molecule has 36 heavy (non-hydrogen) atoms. The number of likely N-dealkylation sites (N-methyl/N-ethyl adjacent to an activating group) is 1. The molecule has 9 heteroatoms. The molecule has 7 rings (SSSR count). The molecule has 180 valence electrons. The van der Waals surface area contributed by atoms with E-state index in [-0.39, 0.29) is 11.7 Å². The zero-order valence-corrected chi connectivity index (χ0v) is 19.9. The predicted octanol–water partition coefficient (Wildman–Crippen LogP) is 3.46. The van der Waals surface area contributed by atoms with Gasteiger partial charge in [-0.05, 0) is 54.7 Å². The van der Waals surface area contributed by atoms with Crippen LogP contribution in [-0.2, 0) is 12.8 Å². The van der Waals surface area contributed by atoms with Crippen molar-refractivity contribution in [3.8, 4) is 11.4 Å². The number of aromatic amines is 1. The molecule has 2 N–H and O–H groups in total. The number of fused-ring (bicyclic) bond motifs is 5. The van der Waals surface area contributed by atoms with Gasteiger partial charge in [-0.2, -0.15) is 10.1 Å². The largest absolute Gasteiger partial charge is 0.485 e. The van der Waals surface area contributed by atoms with Crippen LogP contribution in [0, 0.1) is 0 Å². The first kappa shape index (κ1) is 20.9. The zero-order chi connectivity index (χ0) is 24.2. The van der Waals surface area contributed by atoms with Crippen LogP contribution in [0.2, 0.25) is 0 Å². The van der Waals surface area contributed by atoms with Gasteiger partial charge < -0.3 is 15.0 Å². The van der Waals surface area contributed by atoms with Crippen molar-refractivity contribution in [2.45, 2.75) is 25.4 Å². The minimum Gasteiger partial charge on any atom is -0.485 e. The summed E-state index contributed by atoms with van der Waals surface area (Å²) < 4.78 is 7.86. The van der Waals surface area contributed by atoms with E-state index < -0.39 is 0 Å². The van der Waals surface area contributed by atoms with Crippen molar-refractivity contribution in [2.75, 3.05) is 30.4 Å². The molecule has 0 saturated heterocycles. The van der Waals surface area contributed by atoms with Crippen molar-refractivity contribution in [2.24, 2.45) is 0 Å². The molecule has 1 aliphatic heterocycles. The van der Waals surface area contributed by atoms with Crippen molar-refractivity contribution in [3.05, 3.63) is 76.3 Å². The second-order valence-corrected chi connectivity index (χ2v) is 9.49. The van der Waals surface area contributed by atoms with Crippen LogP contribution < -0.4 is 20.5 Å². The fraction of sp³-hybridized carbons (Fsp3) is 0.259. The molecular formula is C27H25N7O2. The highest BCUT2D eigenvalue weighted by Gasteiger charge is 2.24. The summed E-state index contributed by atoms with van der Waals surface area (Å²) in [6.45, 7) is 1.27. The summed E-state index contributed by atoms with van der Waals surface area (Å²) in [5.74, 6) is 1.31. The number of aromatic nitrogens is 5. The summed E-state index contributed by atoms with van der Waals surface area (Å²) in [5, 5.41) is 11.7. The van der Waals surface area contributed by atoms with E-state index in [2.05, 4.69) is 50.6 Å². The van der Waals surface area contributed by atoms with Gasteiger partial charge in [-0.3, -0.25) is 14.5 Å². The number of pyridine rings is 1. The number of rotatable bonds is 4. The third kappa shape index (κ3) is 3.30. The number of para-hydroxylation sites is 2. The van der Waals surface area contributed by atoms with Gasteiger partial charge in [-0.25, -0.2) is 4.98 Å². The van der Waals surface area contributed by atoms with Gasteiger partial charge in [0.25, 0.3) is 5.56 Å². The molecule has 5 aromatic rings. The quantitative estimate of drug-likeness (QED) is 0.407. The summed E-state index contributed by atoms with van der Waals surface area (Å²) in [5.41, 5.74) is 5.50. The van der Waals surface area contributed by atoms with Crippen molar-refractivity contribution in [3.63, 3.8) is 0 Å². The van der Waals surface area contributed by atoms with Gasteiger partial charge in [0.05, 0.1) is 35.2 Å². The monoisotopic (exact) mass is 479 g/mol. The van der Waals surface area contributed by atoms with Crippen molar-refractivity contribution in [1.82, 2.24) is 24.7 Å². The second-order valence-electron chi connectivity index (χ2n) is 9.49. The number of benzene rings is 2. The lowest BCUT2D eigenvalue weighted by atomic mass is 10.1. The van der Waals surface area contributed by atoms with E-state index >= 15 is 0 Å². The SMILES string of the molecule is CN1CC(CNc2ncc3c4n[nH]cc4c(=O)n(-c4ccc5c(c4)CCC5)c3n2)Oc2ccccc21. The minimum absolute atomic E-state index is 0.0723. The van der Waals surface area contributed by atoms with E-state index in [1.165, 1.54) is 11.1 Å². The molecule has 1 aliphatic carbocycles. The lowest BCUT2D eigenvalue weighted by Crippen LogP contribution is -2.41. The van der Waals surface area contributed by atoms with Crippen LogP contribution in [0.3, 0.4) is 0 Å². The topological polar surface area (TPSA) is 101 Å². The maximum atomic E-state index is 13.6. The van der Waals surface area contributed by atoms with E-state index in [1.54, 1.807) is 17.0 Å². The van der Waals surface area contributed by atoms with E-state index in [0.29, 0.717) is 29.0 Å². The highest BCUT2D eigenvalue weighted by Crippen LogP contribution is 2.32. The van der Waals surface area contributed by atoms with E-state index in [9.17, 15) is 4.79 Å². The lowest BCUT2D eigenvalue weighted by molar-refractivity contribution is 0.208. The van der Waals surface area contributed by atoms with Crippen LogP contribution in [0.15, 0.2) is 59.7 Å². The Kier molecular flexibility index (Phi) is 4.70. The second kappa shape index (κ2) is 8.08. The van der Waals surface area contributed by atoms with Crippen LogP contribution in [0.5, 0.6) is 5.75 Å². The van der Waals surface area contributed by atoms with Gasteiger partial charge in [0.2, 0.25) is 5.95 Å². The molecule has 0 saturated carbocycles. The maximum Gasteiger partial charge on any atom is 0.267 e. The molecule has 0 spiro atoms. The summed E-state index contributed by atoms with van der Waals surface area (Å²) in [6, 6.07) is 14.3. The Labute approximate surface area is 206 Å². The van der Waals surface area contributed by atoms with Crippen molar-refractivity contribution < 1.29 is 4.74 Å². The molecule has 0 bridgehead atoms. The first-order chi connectivity index (χ1) is 17.7. The van der Waals surface area contributed by atoms with Crippen LogP contribution in [-0.4, -0.2) is 51.0 Å². The predicted molar refractivity (Wildman–Crippen MR) is 139 cm³/mol. The number of aryl methyl sites for hydroxylation is 2. The van der Waals surface area contributed by atoms with Gasteiger partial charge in [0.1, 0.15) is 17.4 Å². The number of ether oxygens (including phenoxy) is 1. The number of hydrogen-bond acceptors (Lipinski definition) is 7. The summed E-state index contributed by atoms with van der Waals surface area (Å²) in [6.07, 6.45) is 6.57. The number of H-pyrrole nitrogens is 1. The number of nitrogens with zero attached hydrogens (tertiary/aromatic N) is 5. The number of hydrogen-bond donors (Lipinski definition) is 2. The third-order valence-corrected chi connectivity index (χ3v) is 7.19. The molecule has 9 nitrogen and oxygen atoms in total. The fourth-order valence-corrected chi connectivity index (χ4v) is 5.41. The van der Waals surface area contributed by atoms with Crippen molar-refractivity contribution in [1.29, 1.82) is 0 Å². The Hall–Kier alpha value is -4.40. The van der Waals surface area contributed by atoms with Crippen molar-refractivity contribution >= 4 is 33.6 Å². The normalized spacial score (nSPS) is 16.7. The van der Waals surface area contributed by atoms with Gasteiger partial charge >= 0.3 is 0 Å². The Morgan fingerprint density at radius 1 is 1.14 bits per heavy atom. The third-order valence-electron chi connectivity index (χ3n) is 7.19. The molecule has 0 fully saturated rings. The molecule has 0 radical (unpaired) electrons. The molecule has 2 aromatic carbocycles. The lowest BCUT2D eigenvalue weighted by Gasteiger charge is -2.33.